The van der Waals surface area contributed by atoms with Gasteiger partial charge in [0.15, 0.2) is 0 Å². The second kappa shape index (κ2) is 13.1. The SMILES string of the molecule is CC1=Cc2c(-c3ccc(C(C)(C)C)cc3)cccc2C1C1=C(C(C)C)[CH]([Zr+2])c2cccc(-c3ccc(C(C)(C)C)cc3)c21.[Cl-].[Cl-]. The fraction of sp³-hybridized carbons (Fsp3) is 0.333. The van der Waals surface area contributed by atoms with Gasteiger partial charge in [-0.25, -0.2) is 0 Å². The third-order valence-electron chi connectivity index (χ3n) is 9.61. The minimum absolute atomic E-state index is 0. The molecule has 0 nitrogen and oxygen atoms in total. The van der Waals surface area contributed by atoms with E-state index in [-0.39, 0.29) is 41.6 Å². The van der Waals surface area contributed by atoms with E-state index in [1.54, 1.807) is 35.9 Å². The van der Waals surface area contributed by atoms with E-state index < -0.39 is 0 Å². The van der Waals surface area contributed by atoms with Crippen molar-refractivity contribution in [1.82, 2.24) is 0 Å². The van der Waals surface area contributed by atoms with Crippen molar-refractivity contribution < 1.29 is 49.5 Å². The van der Waals surface area contributed by atoms with Crippen molar-refractivity contribution in [2.24, 2.45) is 5.92 Å². The van der Waals surface area contributed by atoms with Crippen LogP contribution in [-0.4, -0.2) is 0 Å². The average molecular weight is 712 g/mol. The van der Waals surface area contributed by atoms with Crippen LogP contribution in [0.1, 0.15) is 105 Å². The zero-order chi connectivity index (χ0) is 30.8. The first kappa shape index (κ1) is 35.7. The van der Waals surface area contributed by atoms with Crippen LogP contribution in [0.3, 0.4) is 0 Å². The van der Waals surface area contributed by atoms with Gasteiger partial charge in [-0.15, -0.1) is 0 Å². The van der Waals surface area contributed by atoms with E-state index in [1.807, 2.05) is 0 Å². The third-order valence-corrected chi connectivity index (χ3v) is 11.1. The van der Waals surface area contributed by atoms with E-state index in [4.69, 9.17) is 0 Å². The van der Waals surface area contributed by atoms with Gasteiger partial charge in [0.1, 0.15) is 0 Å². The molecule has 0 radical (unpaired) electrons. The van der Waals surface area contributed by atoms with Crippen molar-refractivity contribution in [2.75, 3.05) is 0 Å². The van der Waals surface area contributed by atoms with Gasteiger partial charge in [0.05, 0.1) is 0 Å². The predicted octanol–water partition coefficient (Wildman–Crippen LogP) is 5.84. The van der Waals surface area contributed by atoms with E-state index in [2.05, 4.69) is 153 Å². The molecule has 2 aliphatic carbocycles. The fourth-order valence-corrected chi connectivity index (χ4v) is 9.05. The van der Waals surface area contributed by atoms with Gasteiger partial charge in [-0.05, 0) is 0 Å². The minimum Gasteiger partial charge on any atom is -1.00 e. The summed E-state index contributed by atoms with van der Waals surface area (Å²) in [6.45, 7) is 20.9. The summed E-state index contributed by atoms with van der Waals surface area (Å²) in [5.74, 6) is 0.772. The van der Waals surface area contributed by atoms with Crippen LogP contribution >= 0.6 is 0 Å². The number of halogens is 2. The molecule has 3 heteroatoms. The molecule has 0 aromatic heterocycles. The van der Waals surface area contributed by atoms with Crippen LogP contribution in [-0.2, 0) is 35.5 Å². The summed E-state index contributed by atoms with van der Waals surface area (Å²) < 4.78 is 0.496. The molecule has 2 atom stereocenters. The van der Waals surface area contributed by atoms with Crippen molar-refractivity contribution >= 4 is 11.6 Å². The van der Waals surface area contributed by atoms with Gasteiger partial charge >= 0.3 is 256 Å². The predicted molar refractivity (Wildman–Crippen MR) is 182 cm³/mol. The number of rotatable bonds is 4. The summed E-state index contributed by atoms with van der Waals surface area (Å²) in [6, 6.07) is 32.7. The van der Waals surface area contributed by atoms with E-state index >= 15 is 0 Å². The molecule has 4 aromatic rings. The molecule has 45 heavy (non-hydrogen) atoms. The molecule has 4 aromatic carbocycles. The third kappa shape index (κ3) is 6.40. The maximum Gasteiger partial charge on any atom is -1.00 e. The molecule has 2 unspecified atom stereocenters. The standard InChI is InChI=1S/C42H45.2ClH.Zr/c1-26(2)36-25-30-12-10-14-34(29-18-22-32(23-19-29)42(7,8)9)39(30)40(36)38-27(3)24-37-33(13-11-15-35(37)38)28-16-20-31(21-17-28)41(4,5)6;;;/h10-26,38H,1-9H3;2*1H;/q;;;+2/p-2. The normalized spacial score (nSPS) is 17.5. The maximum atomic E-state index is 2.48. The van der Waals surface area contributed by atoms with Crippen LogP contribution in [0.5, 0.6) is 0 Å². The van der Waals surface area contributed by atoms with Crippen molar-refractivity contribution in [3.63, 3.8) is 0 Å². The second-order valence-corrected chi connectivity index (χ2v) is 16.4. The largest absolute Gasteiger partial charge is 1.00 e. The Hall–Kier alpha value is -2.18. The van der Waals surface area contributed by atoms with Gasteiger partial charge in [0.2, 0.25) is 0 Å². The molecule has 0 saturated heterocycles. The van der Waals surface area contributed by atoms with Gasteiger partial charge in [-0.2, -0.15) is 0 Å². The van der Waals surface area contributed by atoms with Crippen LogP contribution < -0.4 is 24.8 Å². The number of fused-ring (bicyclic) bond motifs is 2. The first-order valence-electron chi connectivity index (χ1n) is 15.9. The molecular weight excluding hydrogens is 667 g/mol. The monoisotopic (exact) mass is 709 g/mol. The Morgan fingerprint density at radius 2 is 1.09 bits per heavy atom. The molecule has 0 spiro atoms. The second-order valence-electron chi connectivity index (χ2n) is 15.0. The molecular formula is C42H45Cl2Zr. The smallest absolute Gasteiger partial charge is 1.00 e. The molecule has 0 bridgehead atoms. The summed E-state index contributed by atoms with van der Waals surface area (Å²) in [5, 5.41) is 0. The van der Waals surface area contributed by atoms with Crippen molar-refractivity contribution in [1.29, 1.82) is 0 Å². The van der Waals surface area contributed by atoms with Crippen molar-refractivity contribution in [3.05, 3.63) is 129 Å². The Morgan fingerprint density at radius 3 is 1.58 bits per heavy atom. The summed E-state index contributed by atoms with van der Waals surface area (Å²) >= 11 is 1.58. The van der Waals surface area contributed by atoms with Crippen molar-refractivity contribution in [3.8, 4) is 22.3 Å². The van der Waals surface area contributed by atoms with Gasteiger partial charge in [0.25, 0.3) is 0 Å². The minimum atomic E-state index is 0. The van der Waals surface area contributed by atoms with Gasteiger partial charge in [-0.3, -0.25) is 0 Å². The number of benzene rings is 4. The van der Waals surface area contributed by atoms with E-state index in [1.165, 1.54) is 61.2 Å². The molecule has 231 valence electrons. The van der Waals surface area contributed by atoms with E-state index in [9.17, 15) is 0 Å². The van der Waals surface area contributed by atoms with Crippen molar-refractivity contribution in [2.45, 2.75) is 82.7 Å². The first-order valence-corrected chi connectivity index (χ1v) is 17.3. The molecule has 0 aliphatic heterocycles. The molecule has 0 saturated carbocycles. The Morgan fingerprint density at radius 1 is 0.622 bits per heavy atom. The molecule has 0 N–H and O–H groups in total. The van der Waals surface area contributed by atoms with Gasteiger partial charge in [0, 0.05) is 0 Å². The van der Waals surface area contributed by atoms with Crippen LogP contribution in [0, 0.1) is 5.92 Å². The quantitative estimate of drug-likeness (QED) is 0.250. The number of hydrogen-bond donors (Lipinski definition) is 0. The molecule has 0 heterocycles. The topological polar surface area (TPSA) is 0 Å². The zero-order valence-electron chi connectivity index (χ0n) is 28.1. The number of hydrogen-bond acceptors (Lipinski definition) is 0. The fourth-order valence-electron chi connectivity index (χ4n) is 7.26. The summed E-state index contributed by atoms with van der Waals surface area (Å²) in [7, 11) is 0. The van der Waals surface area contributed by atoms with Crippen LogP contribution in [0.25, 0.3) is 33.9 Å². The summed E-state index contributed by atoms with van der Waals surface area (Å²) in [5.41, 5.74) is 18.9. The van der Waals surface area contributed by atoms with Crippen LogP contribution in [0.4, 0.5) is 0 Å². The Bertz CT molecular complexity index is 1760. The maximum absolute atomic E-state index is 2.48. The summed E-state index contributed by atoms with van der Waals surface area (Å²) in [6.07, 6.45) is 2.48. The zero-order valence-corrected chi connectivity index (χ0v) is 32.1. The van der Waals surface area contributed by atoms with Crippen LogP contribution in [0.15, 0.2) is 96.1 Å². The van der Waals surface area contributed by atoms with Crippen LogP contribution in [0.2, 0.25) is 0 Å². The Labute approximate surface area is 299 Å². The molecule has 0 fully saturated rings. The Kier molecular flexibility index (Phi) is 10.4. The Balaban J connectivity index is 0.00000230. The van der Waals surface area contributed by atoms with Gasteiger partial charge in [-0.1, -0.05) is 20.8 Å². The molecule has 2 aliphatic rings. The van der Waals surface area contributed by atoms with Gasteiger partial charge < -0.3 is 24.8 Å². The molecule has 6 rings (SSSR count). The average Bonchev–Trinajstić information content (AvgIpc) is 3.44. The summed E-state index contributed by atoms with van der Waals surface area (Å²) in [4.78, 5) is 0. The van der Waals surface area contributed by atoms with E-state index in [0.717, 1.165) is 0 Å². The van der Waals surface area contributed by atoms with E-state index in [0.29, 0.717) is 9.54 Å². The molecule has 0 amide bonds. The first-order chi connectivity index (χ1) is 20.3. The number of allylic oxidation sites excluding steroid dienone is 3.